The van der Waals surface area contributed by atoms with Crippen molar-refractivity contribution in [2.75, 3.05) is 31.1 Å². The van der Waals surface area contributed by atoms with E-state index in [1.54, 1.807) is 0 Å². The molecular weight excluding hydrogens is 391 g/mol. The second-order valence-corrected chi connectivity index (χ2v) is 8.46. The van der Waals surface area contributed by atoms with Gasteiger partial charge in [-0.15, -0.1) is 24.5 Å². The smallest absolute Gasteiger partial charge is 0.406 e. The number of nitrogens with zero attached hydrogens (tertiary/aromatic N) is 3. The summed E-state index contributed by atoms with van der Waals surface area (Å²) >= 11 is 1.51. The number of sulfonamides is 1. The van der Waals surface area contributed by atoms with E-state index < -0.39 is 22.1 Å². The zero-order valence-corrected chi connectivity index (χ0v) is 15.4. The van der Waals surface area contributed by atoms with Gasteiger partial charge in [-0.2, -0.15) is 4.31 Å². The minimum atomic E-state index is -4.81. The van der Waals surface area contributed by atoms with Crippen molar-refractivity contribution < 1.29 is 26.3 Å². The molecule has 0 spiro atoms. The molecule has 142 valence electrons. The van der Waals surface area contributed by atoms with Crippen LogP contribution in [0, 0.1) is 6.92 Å². The van der Waals surface area contributed by atoms with Gasteiger partial charge in [-0.25, -0.2) is 13.4 Å². The van der Waals surface area contributed by atoms with E-state index in [4.69, 9.17) is 0 Å². The van der Waals surface area contributed by atoms with E-state index >= 15 is 0 Å². The number of hydrogen-bond donors (Lipinski definition) is 0. The van der Waals surface area contributed by atoms with Crippen molar-refractivity contribution in [2.45, 2.75) is 18.2 Å². The third-order valence-corrected chi connectivity index (χ3v) is 6.74. The van der Waals surface area contributed by atoms with Crippen LogP contribution in [0.4, 0.5) is 18.3 Å². The summed E-state index contributed by atoms with van der Waals surface area (Å²) in [6.45, 7) is 3.46. The van der Waals surface area contributed by atoms with Gasteiger partial charge in [0.1, 0.15) is 5.75 Å². The molecule has 1 saturated heterocycles. The van der Waals surface area contributed by atoms with Gasteiger partial charge in [-0.05, 0) is 31.2 Å². The quantitative estimate of drug-likeness (QED) is 0.780. The van der Waals surface area contributed by atoms with Gasteiger partial charge >= 0.3 is 6.36 Å². The minimum Gasteiger partial charge on any atom is -0.406 e. The molecule has 3 rings (SSSR count). The standard InChI is InChI=1S/C15H16F3N3O3S2/c1-11-10-25-14(19-11)20-6-8-21(9-7-20)26(22,23)13-4-2-12(3-5-13)24-15(16,17)18/h2-5,10H,6-9H2,1H3. The Balaban J connectivity index is 1.67. The maximum absolute atomic E-state index is 12.7. The number of aromatic nitrogens is 1. The zero-order chi connectivity index (χ0) is 18.9. The Bertz CT molecular complexity index is 858. The van der Waals surface area contributed by atoms with Crippen LogP contribution >= 0.6 is 11.3 Å². The van der Waals surface area contributed by atoms with Crippen LogP contribution in [-0.4, -0.2) is 50.2 Å². The lowest BCUT2D eigenvalue weighted by Crippen LogP contribution is -2.48. The predicted molar refractivity (Wildman–Crippen MR) is 90.9 cm³/mol. The van der Waals surface area contributed by atoms with E-state index in [0.29, 0.717) is 13.1 Å². The molecule has 0 amide bonds. The van der Waals surface area contributed by atoms with Crippen molar-refractivity contribution in [2.24, 2.45) is 0 Å². The molecule has 2 aromatic rings. The highest BCUT2D eigenvalue weighted by atomic mass is 32.2. The first-order valence-corrected chi connectivity index (χ1v) is 10.0. The molecule has 1 fully saturated rings. The van der Waals surface area contributed by atoms with E-state index in [-0.39, 0.29) is 18.0 Å². The van der Waals surface area contributed by atoms with Gasteiger partial charge < -0.3 is 9.64 Å². The maximum atomic E-state index is 12.7. The van der Waals surface area contributed by atoms with E-state index in [9.17, 15) is 21.6 Å². The van der Waals surface area contributed by atoms with Crippen LogP contribution in [0.25, 0.3) is 0 Å². The Morgan fingerprint density at radius 2 is 1.73 bits per heavy atom. The molecule has 0 N–H and O–H groups in total. The Morgan fingerprint density at radius 3 is 2.23 bits per heavy atom. The summed E-state index contributed by atoms with van der Waals surface area (Å²) in [6, 6.07) is 4.23. The molecule has 26 heavy (non-hydrogen) atoms. The fourth-order valence-electron chi connectivity index (χ4n) is 2.57. The molecular formula is C15H16F3N3O3S2. The summed E-state index contributed by atoms with van der Waals surface area (Å²) < 4.78 is 67.0. The molecule has 11 heteroatoms. The second kappa shape index (κ2) is 7.05. The van der Waals surface area contributed by atoms with Gasteiger partial charge in [0.25, 0.3) is 0 Å². The highest BCUT2D eigenvalue weighted by Crippen LogP contribution is 2.27. The highest BCUT2D eigenvalue weighted by Gasteiger charge is 2.32. The molecule has 0 saturated carbocycles. The van der Waals surface area contributed by atoms with Crippen LogP contribution in [0.5, 0.6) is 5.75 Å². The van der Waals surface area contributed by atoms with Crippen LogP contribution < -0.4 is 9.64 Å². The average Bonchev–Trinajstić information content (AvgIpc) is 3.00. The summed E-state index contributed by atoms with van der Waals surface area (Å²) in [5.41, 5.74) is 0.918. The van der Waals surface area contributed by atoms with Crippen molar-refractivity contribution in [1.82, 2.24) is 9.29 Å². The third-order valence-electron chi connectivity index (χ3n) is 3.81. The number of ether oxygens (including phenoxy) is 1. The molecule has 0 unspecified atom stereocenters. The van der Waals surface area contributed by atoms with Crippen molar-refractivity contribution in [3.05, 3.63) is 35.3 Å². The summed E-state index contributed by atoms with van der Waals surface area (Å²) in [4.78, 5) is 6.34. The molecule has 6 nitrogen and oxygen atoms in total. The Hall–Kier alpha value is -1.85. The minimum absolute atomic E-state index is 0.0643. The summed E-state index contributed by atoms with van der Waals surface area (Å²) in [6.07, 6.45) is -4.81. The fourth-order valence-corrected chi connectivity index (χ4v) is 4.85. The number of anilines is 1. The van der Waals surface area contributed by atoms with E-state index in [0.717, 1.165) is 35.1 Å². The van der Waals surface area contributed by atoms with E-state index in [1.807, 2.05) is 17.2 Å². The second-order valence-electron chi connectivity index (χ2n) is 5.68. The number of hydrogen-bond acceptors (Lipinski definition) is 6. The molecule has 0 radical (unpaired) electrons. The van der Waals surface area contributed by atoms with Crippen LogP contribution in [0.15, 0.2) is 34.5 Å². The molecule has 0 bridgehead atoms. The largest absolute Gasteiger partial charge is 0.573 e. The number of alkyl halides is 3. The van der Waals surface area contributed by atoms with Crippen molar-refractivity contribution in [1.29, 1.82) is 0 Å². The molecule has 1 aromatic carbocycles. The number of halogens is 3. The summed E-state index contributed by atoms with van der Waals surface area (Å²) in [5.74, 6) is -0.458. The number of piperazine rings is 1. The molecule has 1 aromatic heterocycles. The van der Waals surface area contributed by atoms with Crippen molar-refractivity contribution >= 4 is 26.5 Å². The number of benzene rings is 1. The number of thiazole rings is 1. The van der Waals surface area contributed by atoms with Crippen LogP contribution in [0.2, 0.25) is 0 Å². The lowest BCUT2D eigenvalue weighted by Gasteiger charge is -2.33. The van der Waals surface area contributed by atoms with Gasteiger partial charge in [0, 0.05) is 31.6 Å². The highest BCUT2D eigenvalue weighted by molar-refractivity contribution is 7.89. The zero-order valence-electron chi connectivity index (χ0n) is 13.7. The van der Waals surface area contributed by atoms with Gasteiger partial charge in [0.2, 0.25) is 10.0 Å². The number of aryl methyl sites for hydroxylation is 1. The monoisotopic (exact) mass is 407 g/mol. The molecule has 2 heterocycles. The predicted octanol–water partition coefficient (Wildman–Crippen LogP) is 2.86. The van der Waals surface area contributed by atoms with Crippen molar-refractivity contribution in [3.8, 4) is 5.75 Å². The summed E-state index contributed by atoms with van der Waals surface area (Å²) in [7, 11) is -3.77. The third kappa shape index (κ3) is 4.27. The lowest BCUT2D eigenvalue weighted by atomic mass is 10.3. The molecule has 1 aliphatic heterocycles. The maximum Gasteiger partial charge on any atom is 0.573 e. The first-order chi connectivity index (χ1) is 12.1. The lowest BCUT2D eigenvalue weighted by molar-refractivity contribution is -0.274. The normalized spacial score (nSPS) is 16.7. The first kappa shape index (κ1) is 18.9. The van der Waals surface area contributed by atoms with Crippen LogP contribution in [-0.2, 0) is 10.0 Å². The van der Waals surface area contributed by atoms with Gasteiger partial charge in [-0.3, -0.25) is 0 Å². The Labute approximate surface area is 152 Å². The molecule has 0 aliphatic carbocycles. The van der Waals surface area contributed by atoms with Crippen LogP contribution in [0.1, 0.15) is 5.69 Å². The summed E-state index contributed by atoms with van der Waals surface area (Å²) in [5, 5.41) is 2.79. The SMILES string of the molecule is Cc1csc(N2CCN(S(=O)(=O)c3ccc(OC(F)(F)F)cc3)CC2)n1. The topological polar surface area (TPSA) is 62.7 Å². The van der Waals surface area contributed by atoms with E-state index in [2.05, 4.69) is 9.72 Å². The molecule has 1 aliphatic rings. The number of rotatable bonds is 4. The van der Waals surface area contributed by atoms with E-state index in [1.165, 1.54) is 15.6 Å². The molecule has 0 atom stereocenters. The van der Waals surface area contributed by atoms with Gasteiger partial charge in [0.05, 0.1) is 10.6 Å². The van der Waals surface area contributed by atoms with Gasteiger partial charge in [-0.1, -0.05) is 0 Å². The van der Waals surface area contributed by atoms with Gasteiger partial charge in [0.15, 0.2) is 5.13 Å². The fraction of sp³-hybridized carbons (Fsp3) is 0.400. The Morgan fingerprint density at radius 1 is 1.12 bits per heavy atom. The van der Waals surface area contributed by atoms with Crippen molar-refractivity contribution in [3.63, 3.8) is 0 Å². The Kier molecular flexibility index (Phi) is 5.13. The average molecular weight is 407 g/mol. The van der Waals surface area contributed by atoms with Crippen LogP contribution in [0.3, 0.4) is 0 Å². The first-order valence-electron chi connectivity index (χ1n) is 7.68.